The van der Waals surface area contributed by atoms with Crippen LogP contribution in [0.5, 0.6) is 0 Å². The minimum absolute atomic E-state index is 0.00553. The third kappa shape index (κ3) is 3.59. The summed E-state index contributed by atoms with van der Waals surface area (Å²) in [5.74, 6) is -3.51. The van der Waals surface area contributed by atoms with Crippen molar-refractivity contribution >= 4 is 5.97 Å². The van der Waals surface area contributed by atoms with Crippen molar-refractivity contribution < 1.29 is 27.4 Å². The Kier molecular flexibility index (Phi) is 5.42. The Hall–Kier alpha value is -1.60. The minimum atomic E-state index is -1.23. The molecule has 1 aliphatic heterocycles. The van der Waals surface area contributed by atoms with Crippen LogP contribution < -0.4 is 5.32 Å². The number of benzene rings is 1. The van der Waals surface area contributed by atoms with Crippen molar-refractivity contribution in [2.24, 2.45) is 5.41 Å². The van der Waals surface area contributed by atoms with Gasteiger partial charge in [0.2, 0.25) is 0 Å². The Morgan fingerprint density at radius 3 is 2.50 bits per heavy atom. The smallest absolute Gasteiger partial charge is 0.313 e. The summed E-state index contributed by atoms with van der Waals surface area (Å²) in [7, 11) is 1.31. The number of ether oxygens (including phenoxy) is 2. The molecule has 1 heterocycles. The molecule has 0 saturated carbocycles. The molecule has 1 fully saturated rings. The number of hydrogen-bond donors (Lipinski definition) is 1. The van der Waals surface area contributed by atoms with Crippen LogP contribution in [0.3, 0.4) is 0 Å². The van der Waals surface area contributed by atoms with Gasteiger partial charge in [-0.15, -0.1) is 0 Å². The second kappa shape index (κ2) is 7.11. The second-order valence-corrected chi connectivity index (χ2v) is 5.35. The normalized spacial score (nSPS) is 17.3. The molecule has 1 aliphatic rings. The van der Waals surface area contributed by atoms with Crippen LogP contribution in [0.15, 0.2) is 12.1 Å². The van der Waals surface area contributed by atoms with Gasteiger partial charge in [0, 0.05) is 37.9 Å². The van der Waals surface area contributed by atoms with Gasteiger partial charge in [0.1, 0.15) is 5.82 Å². The highest BCUT2D eigenvalue weighted by molar-refractivity contribution is 5.77. The van der Waals surface area contributed by atoms with E-state index in [2.05, 4.69) is 5.32 Å². The number of rotatable bonds is 5. The van der Waals surface area contributed by atoms with Crippen molar-refractivity contribution in [2.75, 3.05) is 26.9 Å². The SMILES string of the molecule is COC(=O)C1(CNCc2cc(F)c(F)cc2F)CCOCC1. The largest absolute Gasteiger partial charge is 0.469 e. The lowest BCUT2D eigenvalue weighted by molar-refractivity contribution is -0.158. The third-order valence-corrected chi connectivity index (χ3v) is 3.94. The van der Waals surface area contributed by atoms with Crippen LogP contribution in [-0.2, 0) is 20.8 Å². The summed E-state index contributed by atoms with van der Waals surface area (Å²) in [4.78, 5) is 12.0. The highest BCUT2D eigenvalue weighted by Gasteiger charge is 2.40. The maximum atomic E-state index is 13.6. The van der Waals surface area contributed by atoms with Crippen molar-refractivity contribution in [3.05, 3.63) is 35.1 Å². The first-order valence-electron chi connectivity index (χ1n) is 6.99. The van der Waals surface area contributed by atoms with E-state index in [0.717, 1.165) is 6.07 Å². The summed E-state index contributed by atoms with van der Waals surface area (Å²) < 4.78 is 49.7. The monoisotopic (exact) mass is 317 g/mol. The third-order valence-electron chi connectivity index (χ3n) is 3.94. The van der Waals surface area contributed by atoms with Gasteiger partial charge in [-0.3, -0.25) is 4.79 Å². The van der Waals surface area contributed by atoms with Gasteiger partial charge in [0.05, 0.1) is 12.5 Å². The number of carbonyl (C=O) groups excluding carboxylic acids is 1. The molecule has 122 valence electrons. The van der Waals surface area contributed by atoms with Gasteiger partial charge < -0.3 is 14.8 Å². The summed E-state index contributed by atoms with van der Waals surface area (Å²) in [6, 6.07) is 1.32. The maximum absolute atomic E-state index is 13.6. The number of hydrogen-bond acceptors (Lipinski definition) is 4. The van der Waals surface area contributed by atoms with Gasteiger partial charge >= 0.3 is 5.97 Å². The van der Waals surface area contributed by atoms with Crippen LogP contribution >= 0.6 is 0 Å². The van der Waals surface area contributed by atoms with E-state index in [1.165, 1.54) is 7.11 Å². The van der Waals surface area contributed by atoms with Crippen LogP contribution in [0, 0.1) is 22.9 Å². The van der Waals surface area contributed by atoms with Crippen LogP contribution in [0.4, 0.5) is 13.2 Å². The van der Waals surface area contributed by atoms with Crippen molar-refractivity contribution in [3.8, 4) is 0 Å². The molecule has 0 amide bonds. The number of nitrogens with one attached hydrogen (secondary N) is 1. The molecule has 1 aromatic carbocycles. The standard InChI is InChI=1S/C15H18F3NO3/c1-21-14(20)15(2-4-22-5-3-15)9-19-8-10-6-12(17)13(18)7-11(10)16/h6-7,19H,2-5,8-9H2,1H3. The van der Waals surface area contributed by atoms with E-state index < -0.39 is 22.9 Å². The topological polar surface area (TPSA) is 47.6 Å². The van der Waals surface area contributed by atoms with Crippen molar-refractivity contribution in [1.82, 2.24) is 5.32 Å². The molecule has 22 heavy (non-hydrogen) atoms. The van der Waals surface area contributed by atoms with E-state index in [0.29, 0.717) is 32.1 Å². The zero-order valence-electron chi connectivity index (χ0n) is 12.3. The summed E-state index contributed by atoms with van der Waals surface area (Å²) in [5.41, 5.74) is -0.729. The zero-order chi connectivity index (χ0) is 16.2. The van der Waals surface area contributed by atoms with Crippen molar-refractivity contribution in [1.29, 1.82) is 0 Å². The molecule has 7 heteroatoms. The predicted octanol–water partition coefficient (Wildman–Crippen LogP) is 2.16. The van der Waals surface area contributed by atoms with E-state index in [-0.39, 0.29) is 24.6 Å². The number of methoxy groups -OCH3 is 1. The van der Waals surface area contributed by atoms with E-state index in [1.807, 2.05) is 0 Å². The highest BCUT2D eigenvalue weighted by Crippen LogP contribution is 2.31. The molecule has 0 aromatic heterocycles. The van der Waals surface area contributed by atoms with Gasteiger partial charge in [0.15, 0.2) is 11.6 Å². The first kappa shape index (κ1) is 16.8. The summed E-state index contributed by atoms with van der Waals surface area (Å²) in [6.07, 6.45) is 0.986. The van der Waals surface area contributed by atoms with Crippen LogP contribution in [0.2, 0.25) is 0 Å². The highest BCUT2D eigenvalue weighted by atomic mass is 19.2. The van der Waals surface area contributed by atoms with E-state index >= 15 is 0 Å². The van der Waals surface area contributed by atoms with Gasteiger partial charge in [0.25, 0.3) is 0 Å². The van der Waals surface area contributed by atoms with E-state index in [9.17, 15) is 18.0 Å². The molecular weight excluding hydrogens is 299 g/mol. The molecule has 0 unspecified atom stereocenters. The van der Waals surface area contributed by atoms with Crippen LogP contribution in [-0.4, -0.2) is 32.8 Å². The fraction of sp³-hybridized carbons (Fsp3) is 0.533. The van der Waals surface area contributed by atoms with Gasteiger partial charge in [-0.05, 0) is 18.9 Å². The fourth-order valence-corrected chi connectivity index (χ4v) is 2.57. The minimum Gasteiger partial charge on any atom is -0.469 e. The lowest BCUT2D eigenvalue weighted by atomic mass is 9.80. The van der Waals surface area contributed by atoms with Gasteiger partial charge in [-0.2, -0.15) is 0 Å². The zero-order valence-corrected chi connectivity index (χ0v) is 12.3. The predicted molar refractivity (Wildman–Crippen MR) is 72.5 cm³/mol. The van der Waals surface area contributed by atoms with Crippen molar-refractivity contribution in [2.45, 2.75) is 19.4 Å². The van der Waals surface area contributed by atoms with Gasteiger partial charge in [-0.1, -0.05) is 0 Å². The Morgan fingerprint density at radius 2 is 1.86 bits per heavy atom. The first-order chi connectivity index (χ1) is 10.5. The van der Waals surface area contributed by atoms with E-state index in [4.69, 9.17) is 9.47 Å². The summed E-state index contributed by atoms with van der Waals surface area (Å²) in [5, 5.41) is 2.93. The molecule has 4 nitrogen and oxygen atoms in total. The molecule has 1 aromatic rings. The Labute approximate surface area is 126 Å². The fourth-order valence-electron chi connectivity index (χ4n) is 2.57. The molecule has 0 bridgehead atoms. The Bertz CT molecular complexity index is 545. The number of esters is 1. The lowest BCUT2D eigenvalue weighted by Gasteiger charge is -2.34. The molecular formula is C15H18F3NO3. The Balaban J connectivity index is 2.02. The number of halogens is 3. The molecule has 0 aliphatic carbocycles. The lowest BCUT2D eigenvalue weighted by Crippen LogP contribution is -2.45. The summed E-state index contributed by atoms with van der Waals surface area (Å²) in [6.45, 7) is 1.12. The molecule has 1 N–H and O–H groups in total. The molecule has 0 radical (unpaired) electrons. The van der Waals surface area contributed by atoms with Gasteiger partial charge in [-0.25, -0.2) is 13.2 Å². The average molecular weight is 317 g/mol. The second-order valence-electron chi connectivity index (χ2n) is 5.35. The van der Waals surface area contributed by atoms with Crippen molar-refractivity contribution in [3.63, 3.8) is 0 Å². The van der Waals surface area contributed by atoms with Crippen LogP contribution in [0.1, 0.15) is 18.4 Å². The average Bonchev–Trinajstić information content (AvgIpc) is 2.52. The molecule has 0 atom stereocenters. The molecule has 2 rings (SSSR count). The van der Waals surface area contributed by atoms with E-state index in [1.54, 1.807) is 0 Å². The quantitative estimate of drug-likeness (QED) is 0.668. The first-order valence-corrected chi connectivity index (χ1v) is 6.99. The number of carbonyl (C=O) groups is 1. The van der Waals surface area contributed by atoms with Crippen LogP contribution in [0.25, 0.3) is 0 Å². The molecule has 1 saturated heterocycles. The molecule has 0 spiro atoms. The maximum Gasteiger partial charge on any atom is 0.313 e. The Morgan fingerprint density at radius 1 is 1.23 bits per heavy atom. The summed E-state index contributed by atoms with van der Waals surface area (Å²) >= 11 is 0.